The van der Waals surface area contributed by atoms with Crippen molar-refractivity contribution in [2.45, 2.75) is 116 Å². The number of hydrogen-bond acceptors (Lipinski definition) is 2. The van der Waals surface area contributed by atoms with E-state index in [1.54, 1.807) is 0 Å². The Kier molecular flexibility index (Phi) is 3.96. The van der Waals surface area contributed by atoms with Crippen LogP contribution in [0.3, 0.4) is 0 Å². The summed E-state index contributed by atoms with van der Waals surface area (Å²) in [4.78, 5) is 0. The van der Waals surface area contributed by atoms with Crippen LogP contribution in [-0.2, 0) is 9.16 Å². The summed E-state index contributed by atoms with van der Waals surface area (Å²) in [5.74, 6) is 0.738. The van der Waals surface area contributed by atoms with Crippen LogP contribution in [0.5, 0.6) is 0 Å². The van der Waals surface area contributed by atoms with Crippen LogP contribution in [0, 0.1) is 11.3 Å². The zero-order chi connectivity index (χ0) is 17.3. The highest BCUT2D eigenvalue weighted by molar-refractivity contribution is 6.74. The van der Waals surface area contributed by atoms with Gasteiger partial charge in [-0.1, -0.05) is 27.7 Å². The van der Waals surface area contributed by atoms with E-state index in [1.165, 1.54) is 32.1 Å². The number of fused-ring (bicyclic) bond motifs is 1. The summed E-state index contributed by atoms with van der Waals surface area (Å²) in [5.41, 5.74) is 0.492. The summed E-state index contributed by atoms with van der Waals surface area (Å²) in [6.45, 7) is 18.9. The Morgan fingerprint density at radius 1 is 1.00 bits per heavy atom. The van der Waals surface area contributed by atoms with E-state index < -0.39 is 8.32 Å². The van der Waals surface area contributed by atoms with Crippen molar-refractivity contribution in [3.63, 3.8) is 0 Å². The lowest BCUT2D eigenvalue weighted by Crippen LogP contribution is -2.56. The minimum absolute atomic E-state index is 0.0522. The molecule has 0 aromatic carbocycles. The SMILES string of the molecule is CC1(C)O[C@@]23C[C@@H](O[Si](C)(C)C(C)(C)C)CC[C@@]2(C)CC[C@H]1C3. The normalized spacial score (nSPS) is 43.3. The molecular formula is C20H38O2Si. The molecule has 1 spiro atoms. The van der Waals surface area contributed by atoms with Gasteiger partial charge in [0.15, 0.2) is 8.32 Å². The lowest BCUT2D eigenvalue weighted by molar-refractivity contribution is -0.183. The Morgan fingerprint density at radius 3 is 2.22 bits per heavy atom. The monoisotopic (exact) mass is 338 g/mol. The van der Waals surface area contributed by atoms with Gasteiger partial charge in [0.05, 0.1) is 11.2 Å². The van der Waals surface area contributed by atoms with Crippen molar-refractivity contribution in [2.24, 2.45) is 11.3 Å². The maximum atomic E-state index is 6.83. The molecular weight excluding hydrogens is 300 g/mol. The fourth-order valence-corrected chi connectivity index (χ4v) is 6.57. The van der Waals surface area contributed by atoms with Crippen molar-refractivity contribution >= 4 is 8.32 Å². The highest BCUT2D eigenvalue weighted by Gasteiger charge is 2.64. The van der Waals surface area contributed by atoms with Crippen molar-refractivity contribution in [3.05, 3.63) is 0 Å². The van der Waals surface area contributed by atoms with Gasteiger partial charge in [0.25, 0.3) is 0 Å². The fraction of sp³-hybridized carbons (Fsp3) is 1.00. The zero-order valence-corrected chi connectivity index (χ0v) is 17.7. The van der Waals surface area contributed by atoms with E-state index in [4.69, 9.17) is 9.16 Å². The summed E-state index contributed by atoms with van der Waals surface area (Å²) in [6, 6.07) is 0. The van der Waals surface area contributed by atoms with Gasteiger partial charge in [-0.3, -0.25) is 0 Å². The predicted molar refractivity (Wildman–Crippen MR) is 99.3 cm³/mol. The Morgan fingerprint density at radius 2 is 1.61 bits per heavy atom. The number of rotatable bonds is 2. The summed E-state index contributed by atoms with van der Waals surface area (Å²) in [5, 5.41) is 0.288. The van der Waals surface area contributed by atoms with Gasteiger partial charge in [-0.15, -0.1) is 0 Å². The predicted octanol–water partition coefficient (Wildman–Crippen LogP) is 5.91. The second kappa shape index (κ2) is 5.08. The first-order valence-electron chi connectivity index (χ1n) is 9.68. The van der Waals surface area contributed by atoms with Gasteiger partial charge in [0, 0.05) is 12.5 Å². The average Bonchev–Trinajstić information content (AvgIpc) is 2.58. The molecule has 3 aliphatic rings. The Labute approximate surface area is 144 Å². The maximum absolute atomic E-state index is 6.83. The Balaban J connectivity index is 1.81. The molecule has 134 valence electrons. The van der Waals surface area contributed by atoms with Crippen LogP contribution in [0.4, 0.5) is 0 Å². The molecule has 0 aromatic heterocycles. The van der Waals surface area contributed by atoms with Crippen LogP contribution >= 0.6 is 0 Å². The van der Waals surface area contributed by atoms with Crippen LogP contribution in [0.1, 0.15) is 80.1 Å². The third-order valence-electron chi connectivity index (χ3n) is 8.01. The van der Waals surface area contributed by atoms with Gasteiger partial charge in [-0.05, 0) is 75.4 Å². The maximum Gasteiger partial charge on any atom is 0.192 e. The lowest BCUT2D eigenvalue weighted by atomic mass is 9.55. The molecule has 0 N–H and O–H groups in total. The molecule has 0 unspecified atom stereocenters. The first kappa shape index (κ1) is 17.9. The van der Waals surface area contributed by atoms with Crippen LogP contribution in [0.15, 0.2) is 0 Å². The van der Waals surface area contributed by atoms with Gasteiger partial charge < -0.3 is 9.16 Å². The van der Waals surface area contributed by atoms with E-state index in [0.29, 0.717) is 11.5 Å². The molecule has 2 saturated carbocycles. The summed E-state index contributed by atoms with van der Waals surface area (Å²) >= 11 is 0. The molecule has 4 atom stereocenters. The van der Waals surface area contributed by atoms with E-state index in [9.17, 15) is 0 Å². The van der Waals surface area contributed by atoms with E-state index in [1.807, 2.05) is 0 Å². The highest BCUT2D eigenvalue weighted by Crippen LogP contribution is 2.64. The number of hydrogen-bond donors (Lipinski definition) is 0. The van der Waals surface area contributed by atoms with Crippen molar-refractivity contribution < 1.29 is 9.16 Å². The second-order valence-electron chi connectivity index (χ2n) is 10.9. The minimum atomic E-state index is -1.70. The summed E-state index contributed by atoms with van der Waals surface area (Å²) in [6.07, 6.45) is 7.96. The summed E-state index contributed by atoms with van der Waals surface area (Å²) < 4.78 is 13.6. The van der Waals surface area contributed by atoms with Crippen LogP contribution in [0.25, 0.3) is 0 Å². The van der Waals surface area contributed by atoms with Gasteiger partial charge >= 0.3 is 0 Å². The van der Waals surface area contributed by atoms with Crippen molar-refractivity contribution in [1.82, 2.24) is 0 Å². The number of ether oxygens (including phenoxy) is 1. The van der Waals surface area contributed by atoms with Crippen molar-refractivity contribution in [2.75, 3.05) is 0 Å². The summed E-state index contributed by atoms with van der Waals surface area (Å²) in [7, 11) is -1.70. The molecule has 0 aromatic rings. The third-order valence-corrected chi connectivity index (χ3v) is 12.5. The topological polar surface area (TPSA) is 18.5 Å². The zero-order valence-electron chi connectivity index (χ0n) is 16.7. The van der Waals surface area contributed by atoms with Gasteiger partial charge in [0.1, 0.15) is 0 Å². The molecule has 2 nitrogen and oxygen atoms in total. The van der Waals surface area contributed by atoms with Gasteiger partial charge in [-0.25, -0.2) is 0 Å². The van der Waals surface area contributed by atoms with E-state index in [0.717, 1.165) is 12.3 Å². The average molecular weight is 339 g/mol. The van der Waals surface area contributed by atoms with E-state index in [-0.39, 0.29) is 16.2 Å². The lowest BCUT2D eigenvalue weighted by Gasteiger charge is -2.55. The molecule has 3 heteroatoms. The first-order valence-corrected chi connectivity index (χ1v) is 12.6. The van der Waals surface area contributed by atoms with Crippen LogP contribution < -0.4 is 0 Å². The molecule has 1 saturated heterocycles. The quantitative estimate of drug-likeness (QED) is 0.582. The van der Waals surface area contributed by atoms with Crippen molar-refractivity contribution in [1.29, 1.82) is 0 Å². The standard InChI is InChI=1S/C20H38O2Si/c1-17(2,3)23(7,8)21-16-10-12-19(6)11-9-15-13-20(19,14-16)22-18(15,4)5/h15-16H,9-14H2,1-8H3/t15-,16-,19+,20-/m0/s1. The second-order valence-corrected chi connectivity index (χ2v) is 15.7. The molecule has 23 heavy (non-hydrogen) atoms. The molecule has 3 fully saturated rings. The highest BCUT2D eigenvalue weighted by atomic mass is 28.4. The molecule has 0 radical (unpaired) electrons. The molecule has 2 bridgehead atoms. The van der Waals surface area contributed by atoms with Crippen molar-refractivity contribution in [3.8, 4) is 0 Å². The first-order chi connectivity index (χ1) is 10.3. The molecule has 1 heterocycles. The van der Waals surface area contributed by atoms with Gasteiger partial charge in [-0.2, -0.15) is 0 Å². The van der Waals surface area contributed by atoms with Gasteiger partial charge in [0.2, 0.25) is 0 Å². The molecule has 1 aliphatic heterocycles. The van der Waals surface area contributed by atoms with E-state index >= 15 is 0 Å². The third kappa shape index (κ3) is 2.75. The van der Waals surface area contributed by atoms with Crippen LogP contribution in [0.2, 0.25) is 18.1 Å². The molecule has 2 aliphatic carbocycles. The molecule has 3 rings (SSSR count). The molecule has 0 amide bonds. The van der Waals surface area contributed by atoms with E-state index in [2.05, 4.69) is 54.6 Å². The smallest absolute Gasteiger partial charge is 0.192 e. The minimum Gasteiger partial charge on any atom is -0.414 e. The largest absolute Gasteiger partial charge is 0.414 e. The van der Waals surface area contributed by atoms with Crippen LogP contribution in [-0.4, -0.2) is 25.6 Å². The Hall–Kier alpha value is 0.137. The Bertz CT molecular complexity index is 479. The fourth-order valence-electron chi connectivity index (χ4n) is 5.18.